The van der Waals surface area contributed by atoms with E-state index in [1.165, 1.54) is 11.3 Å². The third kappa shape index (κ3) is 2.61. The van der Waals surface area contributed by atoms with Crippen molar-refractivity contribution in [3.05, 3.63) is 78.0 Å². The van der Waals surface area contributed by atoms with Crippen LogP contribution >= 0.6 is 12.2 Å². The van der Waals surface area contributed by atoms with Crippen LogP contribution in [-0.2, 0) is 6.54 Å². The summed E-state index contributed by atoms with van der Waals surface area (Å²) in [5.41, 5.74) is 3.42. The number of rotatable bonds is 2. The quantitative estimate of drug-likeness (QED) is 0.711. The molecule has 1 aliphatic rings. The molecule has 0 aliphatic carbocycles. The van der Waals surface area contributed by atoms with Gasteiger partial charge in [0.1, 0.15) is 11.8 Å². The van der Waals surface area contributed by atoms with Gasteiger partial charge in [0.05, 0.1) is 6.26 Å². The van der Waals surface area contributed by atoms with Gasteiger partial charge in [-0.25, -0.2) is 0 Å². The van der Waals surface area contributed by atoms with E-state index in [0.717, 1.165) is 29.6 Å². The van der Waals surface area contributed by atoms with E-state index in [1.807, 2.05) is 24.3 Å². The van der Waals surface area contributed by atoms with Crippen molar-refractivity contribution in [3.8, 4) is 0 Å². The number of benzene rings is 1. The maximum atomic E-state index is 5.73. The van der Waals surface area contributed by atoms with Gasteiger partial charge in [0.2, 0.25) is 0 Å². The molecule has 0 spiro atoms. The minimum atomic E-state index is -0.00670. The van der Waals surface area contributed by atoms with Crippen molar-refractivity contribution < 1.29 is 4.42 Å². The molecule has 4 rings (SSSR count). The van der Waals surface area contributed by atoms with Gasteiger partial charge in [-0.2, -0.15) is 0 Å². The second-order valence-corrected chi connectivity index (χ2v) is 6.37. The van der Waals surface area contributed by atoms with Crippen LogP contribution in [0.5, 0.6) is 0 Å². The van der Waals surface area contributed by atoms with E-state index >= 15 is 0 Å². The number of nitrogens with one attached hydrogen (secondary N) is 1. The predicted octanol–water partition coefficient (Wildman–Crippen LogP) is 4.19. The number of nitrogens with zero attached hydrogens (tertiary/aromatic N) is 2. The second-order valence-electron chi connectivity index (χ2n) is 5.98. The van der Waals surface area contributed by atoms with Crippen LogP contribution in [0.25, 0.3) is 0 Å². The van der Waals surface area contributed by atoms with Crippen LogP contribution in [-0.4, -0.2) is 21.1 Å². The Bertz CT molecular complexity index is 853. The summed E-state index contributed by atoms with van der Waals surface area (Å²) in [6, 6.07) is 16.3. The van der Waals surface area contributed by atoms with Crippen LogP contribution < -0.4 is 5.32 Å². The summed E-state index contributed by atoms with van der Waals surface area (Å²) in [5.74, 6) is 0.906. The number of fused-ring (bicyclic) bond motifs is 1. The maximum absolute atomic E-state index is 5.73. The molecular formula is C19H19N3OS. The molecule has 0 amide bonds. The van der Waals surface area contributed by atoms with Crippen molar-refractivity contribution in [1.29, 1.82) is 0 Å². The number of furan rings is 1. The highest BCUT2D eigenvalue weighted by molar-refractivity contribution is 7.80. The lowest BCUT2D eigenvalue weighted by atomic mass is 10.1. The fraction of sp³-hybridized carbons (Fsp3) is 0.211. The van der Waals surface area contributed by atoms with Crippen LogP contribution in [0.4, 0.5) is 5.69 Å². The van der Waals surface area contributed by atoms with E-state index in [1.54, 1.807) is 6.26 Å². The molecule has 0 bridgehead atoms. The van der Waals surface area contributed by atoms with Gasteiger partial charge in [0.15, 0.2) is 5.11 Å². The molecule has 5 heteroatoms. The predicted molar refractivity (Wildman–Crippen MR) is 99.1 cm³/mol. The highest BCUT2D eigenvalue weighted by atomic mass is 32.1. The molecule has 1 atom stereocenters. The first kappa shape index (κ1) is 15.0. The number of para-hydroxylation sites is 1. The van der Waals surface area contributed by atoms with Gasteiger partial charge < -0.3 is 19.2 Å². The summed E-state index contributed by atoms with van der Waals surface area (Å²) in [5, 5.41) is 4.12. The molecule has 0 saturated heterocycles. The molecule has 122 valence electrons. The van der Waals surface area contributed by atoms with Gasteiger partial charge in [-0.3, -0.25) is 0 Å². The fourth-order valence-electron chi connectivity index (χ4n) is 3.25. The normalized spacial score (nSPS) is 16.7. The largest absolute Gasteiger partial charge is 0.467 e. The Hall–Kier alpha value is -2.53. The molecule has 0 saturated carbocycles. The molecule has 1 aromatic carbocycles. The van der Waals surface area contributed by atoms with E-state index in [-0.39, 0.29) is 6.04 Å². The van der Waals surface area contributed by atoms with E-state index < -0.39 is 0 Å². The number of anilines is 1. The highest BCUT2D eigenvalue weighted by Gasteiger charge is 2.32. The molecule has 4 nitrogen and oxygen atoms in total. The molecule has 1 aliphatic heterocycles. The Kier molecular flexibility index (Phi) is 3.86. The molecular weight excluding hydrogens is 318 g/mol. The zero-order chi connectivity index (χ0) is 16.5. The van der Waals surface area contributed by atoms with E-state index in [9.17, 15) is 0 Å². The average molecular weight is 337 g/mol. The summed E-state index contributed by atoms with van der Waals surface area (Å²) < 4.78 is 7.98. The van der Waals surface area contributed by atoms with Gasteiger partial charge in [0.25, 0.3) is 0 Å². The first-order valence-electron chi connectivity index (χ1n) is 8.06. The molecule has 0 radical (unpaired) electrons. The van der Waals surface area contributed by atoms with Gasteiger partial charge in [-0.05, 0) is 55.0 Å². The lowest BCUT2D eigenvalue weighted by Gasteiger charge is -2.37. The summed E-state index contributed by atoms with van der Waals surface area (Å²) in [7, 11) is 0. The Labute approximate surface area is 146 Å². The van der Waals surface area contributed by atoms with Gasteiger partial charge in [0, 0.05) is 30.7 Å². The second kappa shape index (κ2) is 6.17. The molecule has 3 aromatic rings. The highest BCUT2D eigenvalue weighted by Crippen LogP contribution is 2.33. The third-order valence-corrected chi connectivity index (χ3v) is 4.84. The van der Waals surface area contributed by atoms with E-state index in [0.29, 0.717) is 0 Å². The lowest BCUT2D eigenvalue weighted by molar-refractivity contribution is 0.261. The molecule has 0 fully saturated rings. The Morgan fingerprint density at radius 2 is 2.00 bits per heavy atom. The smallest absolute Gasteiger partial charge is 0.174 e. The lowest BCUT2D eigenvalue weighted by Crippen LogP contribution is -2.44. The zero-order valence-corrected chi connectivity index (χ0v) is 14.3. The third-order valence-electron chi connectivity index (χ3n) is 4.50. The average Bonchev–Trinajstić information content (AvgIpc) is 3.27. The van der Waals surface area contributed by atoms with Crippen molar-refractivity contribution in [2.45, 2.75) is 19.5 Å². The molecule has 2 aromatic heterocycles. The summed E-state index contributed by atoms with van der Waals surface area (Å²) in [6.45, 7) is 3.83. The summed E-state index contributed by atoms with van der Waals surface area (Å²) in [4.78, 5) is 2.20. The topological polar surface area (TPSA) is 33.3 Å². The van der Waals surface area contributed by atoms with Crippen LogP contribution in [0.3, 0.4) is 0 Å². The van der Waals surface area contributed by atoms with Crippen LogP contribution in [0.15, 0.2) is 65.4 Å². The van der Waals surface area contributed by atoms with Gasteiger partial charge >= 0.3 is 0 Å². The van der Waals surface area contributed by atoms with Crippen LogP contribution in [0.1, 0.15) is 23.1 Å². The van der Waals surface area contributed by atoms with Crippen molar-refractivity contribution in [3.63, 3.8) is 0 Å². The van der Waals surface area contributed by atoms with Crippen molar-refractivity contribution in [1.82, 2.24) is 9.47 Å². The number of aryl methyl sites for hydroxylation is 1. The zero-order valence-electron chi connectivity index (χ0n) is 13.5. The minimum Gasteiger partial charge on any atom is -0.467 e. The van der Waals surface area contributed by atoms with Crippen molar-refractivity contribution in [2.24, 2.45) is 0 Å². The van der Waals surface area contributed by atoms with Crippen molar-refractivity contribution >= 4 is 23.0 Å². The monoisotopic (exact) mass is 337 g/mol. The summed E-state index contributed by atoms with van der Waals surface area (Å²) >= 11 is 5.73. The standard InChI is InChI=1S/C19H19N3OS/c1-14-6-2-3-7-15(14)20-19(24)22-12-11-21-10-4-8-16(21)18(22)17-9-5-13-23-17/h2-10,13,18H,11-12H2,1H3,(H,20,24). The number of hydrogen-bond acceptors (Lipinski definition) is 2. The molecule has 1 unspecified atom stereocenters. The van der Waals surface area contributed by atoms with Crippen LogP contribution in [0, 0.1) is 6.92 Å². The number of hydrogen-bond donors (Lipinski definition) is 1. The SMILES string of the molecule is Cc1ccccc1NC(=S)N1CCn2cccc2C1c1ccco1. The van der Waals surface area contributed by atoms with Gasteiger partial charge in [-0.15, -0.1) is 0 Å². The number of thiocarbonyl (C=S) groups is 1. The Morgan fingerprint density at radius 3 is 2.79 bits per heavy atom. The summed E-state index contributed by atoms with van der Waals surface area (Å²) in [6.07, 6.45) is 3.83. The van der Waals surface area contributed by atoms with E-state index in [2.05, 4.69) is 52.2 Å². The Morgan fingerprint density at radius 1 is 1.12 bits per heavy atom. The van der Waals surface area contributed by atoms with Gasteiger partial charge in [-0.1, -0.05) is 18.2 Å². The maximum Gasteiger partial charge on any atom is 0.174 e. The number of aromatic nitrogens is 1. The molecule has 3 heterocycles. The molecule has 1 N–H and O–H groups in total. The first-order chi connectivity index (χ1) is 11.7. The van der Waals surface area contributed by atoms with Crippen LogP contribution in [0.2, 0.25) is 0 Å². The van der Waals surface area contributed by atoms with Crippen molar-refractivity contribution in [2.75, 3.05) is 11.9 Å². The van der Waals surface area contributed by atoms with E-state index in [4.69, 9.17) is 16.6 Å². The minimum absolute atomic E-state index is 0.00670. The first-order valence-corrected chi connectivity index (χ1v) is 8.46. The Balaban J connectivity index is 1.66. The fourth-order valence-corrected chi connectivity index (χ4v) is 3.56. The molecule has 24 heavy (non-hydrogen) atoms.